The minimum absolute atomic E-state index is 0.246. The molecule has 0 saturated carbocycles. The normalized spacial score (nSPS) is 10.8. The van der Waals surface area contributed by atoms with Gasteiger partial charge in [0.1, 0.15) is 16.3 Å². The molecule has 8 heteroatoms. The minimum atomic E-state index is -0.637. The van der Waals surface area contributed by atoms with E-state index in [4.69, 9.17) is 10.5 Å². The van der Waals surface area contributed by atoms with Crippen LogP contribution in [0.4, 0.5) is 0 Å². The maximum Gasteiger partial charge on any atom is 0.348 e. The summed E-state index contributed by atoms with van der Waals surface area (Å²) in [4.78, 5) is 40.8. The van der Waals surface area contributed by atoms with E-state index >= 15 is 0 Å². The number of nitrogens with two attached hydrogens (primary N) is 1. The number of amides is 1. The lowest BCUT2D eigenvalue weighted by Gasteiger charge is -2.04. The van der Waals surface area contributed by atoms with Crippen molar-refractivity contribution < 1.29 is 14.3 Å². The predicted octanol–water partition coefficient (Wildman–Crippen LogP) is 1.65. The van der Waals surface area contributed by atoms with Crippen molar-refractivity contribution in [3.63, 3.8) is 0 Å². The number of thiophene rings is 1. The lowest BCUT2D eigenvalue weighted by molar-refractivity contribution is -0.118. The zero-order valence-corrected chi connectivity index (χ0v) is 14.9. The first-order chi connectivity index (χ1) is 12.5. The van der Waals surface area contributed by atoms with Crippen LogP contribution in [0.25, 0.3) is 10.2 Å². The van der Waals surface area contributed by atoms with Crippen molar-refractivity contribution in [3.05, 3.63) is 63.0 Å². The number of hydrogen-bond donors (Lipinski definition) is 1. The lowest BCUT2D eigenvalue weighted by atomic mass is 10.2. The largest absolute Gasteiger partial charge is 0.461 e. The van der Waals surface area contributed by atoms with Crippen LogP contribution in [0.1, 0.15) is 20.8 Å². The minimum Gasteiger partial charge on any atom is -0.461 e. The molecular weight excluding hydrogens is 354 g/mol. The van der Waals surface area contributed by atoms with Crippen molar-refractivity contribution in [2.24, 2.45) is 5.73 Å². The molecule has 0 aliphatic heterocycles. The lowest BCUT2D eigenvalue weighted by Crippen LogP contribution is -2.28. The molecule has 7 nitrogen and oxygen atoms in total. The highest BCUT2D eigenvalue weighted by molar-refractivity contribution is 7.20. The molecule has 2 heterocycles. The van der Waals surface area contributed by atoms with E-state index in [9.17, 15) is 14.4 Å². The van der Waals surface area contributed by atoms with Gasteiger partial charge in [0.25, 0.3) is 5.56 Å². The van der Waals surface area contributed by atoms with Gasteiger partial charge in [-0.05, 0) is 18.1 Å². The van der Waals surface area contributed by atoms with Crippen LogP contribution in [-0.2, 0) is 22.5 Å². The first kappa shape index (κ1) is 17.8. The summed E-state index contributed by atoms with van der Waals surface area (Å²) in [6.45, 7) is 1.66. The van der Waals surface area contributed by atoms with Gasteiger partial charge in [-0.1, -0.05) is 30.3 Å². The van der Waals surface area contributed by atoms with Gasteiger partial charge in [-0.25, -0.2) is 9.78 Å². The molecule has 3 rings (SSSR count). The Balaban J connectivity index is 1.80. The highest BCUT2D eigenvalue weighted by Crippen LogP contribution is 2.27. The molecule has 0 spiro atoms. The van der Waals surface area contributed by atoms with Gasteiger partial charge in [-0.3, -0.25) is 14.2 Å². The number of aryl methyl sites for hydroxylation is 1. The summed E-state index contributed by atoms with van der Waals surface area (Å²) in [7, 11) is 0. The van der Waals surface area contributed by atoms with Gasteiger partial charge >= 0.3 is 5.97 Å². The van der Waals surface area contributed by atoms with Gasteiger partial charge in [-0.2, -0.15) is 0 Å². The van der Waals surface area contributed by atoms with Gasteiger partial charge in [-0.15, -0.1) is 11.3 Å². The summed E-state index contributed by atoms with van der Waals surface area (Å²) in [6, 6.07) is 9.70. The molecule has 1 amide bonds. The standard InChI is InChI=1S/C18H17N3O4S/c1-11-14-16(20-10-21(17(14)23)9-13(19)22)26-15(11)18(24)25-8-7-12-5-3-2-4-6-12/h2-6,10H,7-9H2,1H3,(H2,19,22). The third-order valence-electron chi connectivity index (χ3n) is 3.90. The SMILES string of the molecule is Cc1c(C(=O)OCCc2ccccc2)sc2ncn(CC(N)=O)c(=O)c12. The number of fused-ring (bicyclic) bond motifs is 1. The molecule has 134 valence electrons. The quantitative estimate of drug-likeness (QED) is 0.664. The first-order valence-corrected chi connectivity index (χ1v) is 8.77. The number of carbonyl (C=O) groups is 2. The molecule has 0 atom stereocenters. The summed E-state index contributed by atoms with van der Waals surface area (Å²) in [5.41, 5.74) is 6.32. The molecule has 26 heavy (non-hydrogen) atoms. The molecule has 0 radical (unpaired) electrons. The smallest absolute Gasteiger partial charge is 0.348 e. The van der Waals surface area contributed by atoms with Crippen LogP contribution in [0.2, 0.25) is 0 Å². The summed E-state index contributed by atoms with van der Waals surface area (Å²) >= 11 is 1.10. The number of carbonyl (C=O) groups excluding carboxylic acids is 2. The van der Waals surface area contributed by atoms with Crippen LogP contribution in [0, 0.1) is 6.92 Å². The van der Waals surface area contributed by atoms with Gasteiger partial charge in [0.2, 0.25) is 5.91 Å². The van der Waals surface area contributed by atoms with E-state index in [-0.39, 0.29) is 13.2 Å². The molecule has 0 aliphatic carbocycles. The number of hydrogen-bond acceptors (Lipinski definition) is 6. The fraction of sp³-hybridized carbons (Fsp3) is 0.222. The number of benzene rings is 1. The van der Waals surface area contributed by atoms with Crippen LogP contribution >= 0.6 is 11.3 Å². The molecular formula is C18H17N3O4S. The molecule has 0 aliphatic rings. The highest BCUT2D eigenvalue weighted by Gasteiger charge is 2.20. The Kier molecular flexibility index (Phi) is 5.13. The van der Waals surface area contributed by atoms with Crippen molar-refractivity contribution in [2.75, 3.05) is 6.61 Å². The third kappa shape index (κ3) is 3.65. The van der Waals surface area contributed by atoms with E-state index in [2.05, 4.69) is 4.98 Å². The number of esters is 1. The summed E-state index contributed by atoms with van der Waals surface area (Å²) < 4.78 is 6.47. The second-order valence-corrected chi connectivity index (χ2v) is 6.75. The Labute approximate surface area is 153 Å². The Morgan fingerprint density at radius 1 is 1.27 bits per heavy atom. The molecule has 0 saturated heterocycles. The van der Waals surface area contributed by atoms with Crippen LogP contribution in [0.15, 0.2) is 41.5 Å². The van der Waals surface area contributed by atoms with Crippen LogP contribution in [0.5, 0.6) is 0 Å². The predicted molar refractivity (Wildman–Crippen MR) is 98.2 cm³/mol. The van der Waals surface area contributed by atoms with Crippen molar-refractivity contribution in [1.29, 1.82) is 0 Å². The first-order valence-electron chi connectivity index (χ1n) is 7.95. The molecule has 1 aromatic carbocycles. The van der Waals surface area contributed by atoms with E-state index in [0.29, 0.717) is 27.1 Å². The molecule has 2 aromatic heterocycles. The third-order valence-corrected chi connectivity index (χ3v) is 5.08. The number of ether oxygens (including phenoxy) is 1. The zero-order chi connectivity index (χ0) is 18.7. The Morgan fingerprint density at radius 3 is 2.69 bits per heavy atom. The van der Waals surface area contributed by atoms with Crippen LogP contribution in [-0.4, -0.2) is 28.0 Å². The average molecular weight is 371 g/mol. The topological polar surface area (TPSA) is 104 Å². The molecule has 2 N–H and O–H groups in total. The maximum atomic E-state index is 12.5. The summed E-state index contributed by atoms with van der Waals surface area (Å²) in [6.07, 6.45) is 1.87. The van der Waals surface area contributed by atoms with Crippen molar-refractivity contribution in [2.45, 2.75) is 19.9 Å². The van der Waals surface area contributed by atoms with E-state index < -0.39 is 17.4 Å². The fourth-order valence-electron chi connectivity index (χ4n) is 2.61. The van der Waals surface area contributed by atoms with E-state index in [0.717, 1.165) is 21.5 Å². The molecule has 0 fully saturated rings. The van der Waals surface area contributed by atoms with Crippen molar-refractivity contribution in [1.82, 2.24) is 9.55 Å². The Hall–Kier alpha value is -3.00. The number of aromatic nitrogens is 2. The van der Waals surface area contributed by atoms with E-state index in [1.807, 2.05) is 30.3 Å². The van der Waals surface area contributed by atoms with Gasteiger partial charge < -0.3 is 10.5 Å². The average Bonchev–Trinajstić information content (AvgIpc) is 2.95. The molecule has 0 unspecified atom stereocenters. The maximum absolute atomic E-state index is 12.5. The number of nitrogens with zero attached hydrogens (tertiary/aromatic N) is 2. The molecule has 0 bridgehead atoms. The van der Waals surface area contributed by atoms with E-state index in [1.165, 1.54) is 6.33 Å². The zero-order valence-electron chi connectivity index (χ0n) is 14.1. The fourth-order valence-corrected chi connectivity index (χ4v) is 3.64. The number of primary amides is 1. The summed E-state index contributed by atoms with van der Waals surface area (Å²) in [5.74, 6) is -1.12. The summed E-state index contributed by atoms with van der Waals surface area (Å²) in [5, 5.41) is 0.314. The second-order valence-electron chi connectivity index (χ2n) is 5.75. The van der Waals surface area contributed by atoms with Crippen LogP contribution < -0.4 is 11.3 Å². The van der Waals surface area contributed by atoms with Gasteiger partial charge in [0.05, 0.1) is 18.3 Å². The Bertz CT molecular complexity index is 1020. The Morgan fingerprint density at radius 2 is 2.00 bits per heavy atom. The van der Waals surface area contributed by atoms with Crippen molar-refractivity contribution >= 4 is 33.4 Å². The highest BCUT2D eigenvalue weighted by atomic mass is 32.1. The number of rotatable bonds is 6. The van der Waals surface area contributed by atoms with E-state index in [1.54, 1.807) is 6.92 Å². The van der Waals surface area contributed by atoms with Gasteiger partial charge in [0.15, 0.2) is 0 Å². The monoisotopic (exact) mass is 371 g/mol. The van der Waals surface area contributed by atoms with Gasteiger partial charge in [0, 0.05) is 6.42 Å². The van der Waals surface area contributed by atoms with Crippen molar-refractivity contribution in [3.8, 4) is 0 Å². The van der Waals surface area contributed by atoms with Crippen LogP contribution in [0.3, 0.4) is 0 Å². The molecule has 3 aromatic rings. The second kappa shape index (κ2) is 7.49.